The highest BCUT2D eigenvalue weighted by molar-refractivity contribution is 6.10. The van der Waals surface area contributed by atoms with Gasteiger partial charge in [0.25, 0.3) is 0 Å². The first-order chi connectivity index (χ1) is 48.5. The fourth-order valence-electron chi connectivity index (χ4n) is 13.7. The van der Waals surface area contributed by atoms with Gasteiger partial charge in [-0.1, -0.05) is 285 Å². The fourth-order valence-corrected chi connectivity index (χ4v) is 13.7. The van der Waals surface area contributed by atoms with Crippen LogP contribution in [0.15, 0.2) is 352 Å². The molecule has 15 aromatic carbocycles. The maximum Gasteiger partial charge on any atom is 0.164 e. The first kappa shape index (κ1) is 57.4. The van der Waals surface area contributed by atoms with Crippen LogP contribution in [0.5, 0.6) is 0 Å². The van der Waals surface area contributed by atoms with Gasteiger partial charge in [-0.3, -0.25) is 0 Å². The van der Waals surface area contributed by atoms with Crippen molar-refractivity contribution in [1.29, 1.82) is 0 Å². The molecule has 0 saturated heterocycles. The Kier molecular flexibility index (Phi) is 14.4. The van der Waals surface area contributed by atoms with E-state index in [2.05, 4.69) is 331 Å². The molecule has 0 unspecified atom stereocenters. The van der Waals surface area contributed by atoms with Gasteiger partial charge in [0, 0.05) is 66.3 Å². The monoisotopic (exact) mass is 1250 g/mol. The van der Waals surface area contributed by atoms with E-state index in [4.69, 9.17) is 29.9 Å². The Bertz CT molecular complexity index is 6010. The molecule has 0 spiro atoms. The third kappa shape index (κ3) is 10.7. The molecule has 4 heterocycles. The Morgan fingerprint density at radius 1 is 0.153 bits per heavy atom. The van der Waals surface area contributed by atoms with Crippen molar-refractivity contribution in [1.82, 2.24) is 39.0 Å². The lowest BCUT2D eigenvalue weighted by atomic mass is 10.0. The molecule has 0 saturated carbocycles. The Labute approximate surface area is 565 Å². The van der Waals surface area contributed by atoms with Crippen LogP contribution >= 0.6 is 0 Å². The first-order valence-electron chi connectivity index (χ1n) is 33.0. The van der Waals surface area contributed by atoms with Gasteiger partial charge < -0.3 is 9.13 Å². The average molecular weight is 1250 g/mol. The summed E-state index contributed by atoms with van der Waals surface area (Å²) in [7, 11) is 0. The largest absolute Gasteiger partial charge is 0.309 e. The standard InChI is InChI=1S/C47H30N4.C43H28N4/c1-3-11-36-29-38(23-19-31(36)9-1)46-48-45(49-47(50-46)39-24-20-32-10-2-4-12-37(32)30-39)35-21-17-33(18-22-35)34-25-27-40(28-26-34)51-43-15-7-5-13-41(43)42-14-6-8-16-44(42)51;1-2-11-32(12-3-1)41-44-42(46-43(45-41)35-23-20-29-10-4-5-13-34(29)28-35)33-21-18-30(19-22-33)31-24-26-36(27-25-31)47-39-16-8-6-14-37(39)38-15-7-9-17-40(38)47/h1-30H;1-28H. The molecule has 19 rings (SSSR count). The van der Waals surface area contributed by atoms with E-state index in [0.717, 1.165) is 83.2 Å². The van der Waals surface area contributed by atoms with Crippen molar-refractivity contribution in [3.63, 3.8) is 0 Å². The van der Waals surface area contributed by atoms with Crippen molar-refractivity contribution < 1.29 is 0 Å². The number of fused-ring (bicyclic) bond motifs is 9. The highest BCUT2D eigenvalue weighted by Gasteiger charge is 2.18. The van der Waals surface area contributed by atoms with E-state index in [9.17, 15) is 0 Å². The molecule has 0 amide bonds. The Morgan fingerprint density at radius 2 is 0.367 bits per heavy atom. The van der Waals surface area contributed by atoms with Crippen LogP contribution in [0.1, 0.15) is 0 Å². The summed E-state index contributed by atoms with van der Waals surface area (Å²) in [6.45, 7) is 0. The van der Waals surface area contributed by atoms with Crippen LogP contribution in [0.4, 0.5) is 0 Å². The van der Waals surface area contributed by atoms with Crippen LogP contribution in [0.2, 0.25) is 0 Å². The topological polar surface area (TPSA) is 87.2 Å². The van der Waals surface area contributed by atoms with Gasteiger partial charge in [0.05, 0.1) is 22.1 Å². The van der Waals surface area contributed by atoms with Gasteiger partial charge in [0.2, 0.25) is 0 Å². The Hall–Kier alpha value is -13.3. The molecular formula is C90H58N8. The van der Waals surface area contributed by atoms with Crippen molar-refractivity contribution in [2.75, 3.05) is 0 Å². The second-order valence-corrected chi connectivity index (χ2v) is 24.7. The summed E-state index contributed by atoms with van der Waals surface area (Å²) >= 11 is 0. The molecular weight excluding hydrogens is 1190 g/mol. The van der Waals surface area contributed by atoms with Gasteiger partial charge in [0.1, 0.15) is 0 Å². The molecule has 0 bridgehead atoms. The quantitative estimate of drug-likeness (QED) is 0.136. The first-order valence-corrected chi connectivity index (χ1v) is 33.0. The zero-order valence-electron chi connectivity index (χ0n) is 53.1. The summed E-state index contributed by atoms with van der Waals surface area (Å²) in [6, 6.07) is 123. The predicted octanol–water partition coefficient (Wildman–Crippen LogP) is 22.7. The number of rotatable bonds is 10. The highest BCUT2D eigenvalue weighted by atomic mass is 15.0. The lowest BCUT2D eigenvalue weighted by Gasteiger charge is -2.11. The summed E-state index contributed by atoms with van der Waals surface area (Å²) in [6.07, 6.45) is 0. The summed E-state index contributed by atoms with van der Waals surface area (Å²) in [5, 5.41) is 12.1. The summed E-state index contributed by atoms with van der Waals surface area (Å²) in [5.41, 5.74) is 17.4. The maximum atomic E-state index is 5.04. The van der Waals surface area contributed by atoms with Gasteiger partial charge >= 0.3 is 0 Å². The second-order valence-electron chi connectivity index (χ2n) is 24.7. The van der Waals surface area contributed by atoms with E-state index >= 15 is 0 Å². The maximum absolute atomic E-state index is 5.04. The van der Waals surface area contributed by atoms with Crippen molar-refractivity contribution >= 4 is 75.9 Å². The molecule has 0 aliphatic carbocycles. The van der Waals surface area contributed by atoms with Gasteiger partial charge in [-0.15, -0.1) is 0 Å². The van der Waals surface area contributed by atoms with Gasteiger partial charge in [0.15, 0.2) is 34.9 Å². The van der Waals surface area contributed by atoms with Gasteiger partial charge in [-0.2, -0.15) is 0 Å². The lowest BCUT2D eigenvalue weighted by Crippen LogP contribution is -2.00. The van der Waals surface area contributed by atoms with Crippen molar-refractivity contribution in [3.8, 4) is 102 Å². The van der Waals surface area contributed by atoms with E-state index in [1.165, 1.54) is 59.8 Å². The number of nitrogens with zero attached hydrogens (tertiary/aromatic N) is 8. The third-order valence-electron chi connectivity index (χ3n) is 18.7. The molecule has 8 heteroatoms. The molecule has 0 radical (unpaired) electrons. The normalized spacial score (nSPS) is 11.5. The minimum atomic E-state index is 0.643. The van der Waals surface area contributed by atoms with Crippen LogP contribution in [0.25, 0.3) is 178 Å². The number of hydrogen-bond donors (Lipinski definition) is 0. The zero-order valence-corrected chi connectivity index (χ0v) is 53.1. The SMILES string of the molecule is c1ccc(-c2nc(-c3ccc(-c4ccc(-n5c6ccccc6c6ccccc65)cc4)cc3)nc(-c3ccc4ccccc4c3)n2)cc1.c1ccc2cc(-c3nc(-c4ccc(-c5ccc(-n6c7ccccc7c7ccccc76)cc5)cc4)nc(-c4ccc5ccccc5c4)n3)ccc2c1. The average Bonchev–Trinajstić information content (AvgIpc) is 1.66. The van der Waals surface area contributed by atoms with Crippen molar-refractivity contribution in [3.05, 3.63) is 352 Å². The summed E-state index contributed by atoms with van der Waals surface area (Å²) in [5.74, 6) is 3.91. The fraction of sp³-hybridized carbons (Fsp3) is 0. The van der Waals surface area contributed by atoms with Gasteiger partial charge in [-0.05, 0) is 121 Å². The second kappa shape index (κ2) is 24.6. The number of aromatic nitrogens is 8. The van der Waals surface area contributed by atoms with E-state index in [-0.39, 0.29) is 0 Å². The molecule has 0 N–H and O–H groups in total. The minimum absolute atomic E-state index is 0.643. The van der Waals surface area contributed by atoms with E-state index in [0.29, 0.717) is 34.9 Å². The Balaban J connectivity index is 0.000000143. The molecule has 0 aliphatic rings. The van der Waals surface area contributed by atoms with Crippen molar-refractivity contribution in [2.45, 2.75) is 0 Å². The number of hydrogen-bond acceptors (Lipinski definition) is 6. The van der Waals surface area contributed by atoms with Crippen LogP contribution in [-0.2, 0) is 0 Å². The number of para-hydroxylation sites is 4. The molecule has 4 aromatic heterocycles. The van der Waals surface area contributed by atoms with Crippen LogP contribution in [0, 0.1) is 0 Å². The van der Waals surface area contributed by atoms with E-state index in [1.54, 1.807) is 0 Å². The molecule has 0 aliphatic heterocycles. The Morgan fingerprint density at radius 3 is 0.673 bits per heavy atom. The lowest BCUT2D eigenvalue weighted by molar-refractivity contribution is 1.07. The van der Waals surface area contributed by atoms with Crippen LogP contribution < -0.4 is 0 Å². The van der Waals surface area contributed by atoms with E-state index in [1.807, 2.05) is 30.3 Å². The zero-order chi connectivity index (χ0) is 64.9. The minimum Gasteiger partial charge on any atom is -0.309 e. The van der Waals surface area contributed by atoms with Crippen LogP contribution in [-0.4, -0.2) is 39.0 Å². The van der Waals surface area contributed by atoms with Gasteiger partial charge in [-0.25, -0.2) is 29.9 Å². The molecule has 98 heavy (non-hydrogen) atoms. The molecule has 0 atom stereocenters. The molecule has 8 nitrogen and oxygen atoms in total. The summed E-state index contributed by atoms with van der Waals surface area (Å²) in [4.78, 5) is 29.9. The third-order valence-corrected chi connectivity index (χ3v) is 18.7. The van der Waals surface area contributed by atoms with Crippen LogP contribution in [0.3, 0.4) is 0 Å². The smallest absolute Gasteiger partial charge is 0.164 e. The highest BCUT2D eigenvalue weighted by Crippen LogP contribution is 2.37. The van der Waals surface area contributed by atoms with Crippen molar-refractivity contribution in [2.24, 2.45) is 0 Å². The number of benzene rings is 15. The van der Waals surface area contributed by atoms with E-state index < -0.39 is 0 Å². The molecule has 0 fully saturated rings. The predicted molar refractivity (Wildman–Crippen MR) is 404 cm³/mol. The summed E-state index contributed by atoms with van der Waals surface area (Å²) < 4.78 is 4.69. The molecule has 458 valence electrons. The molecule has 19 aromatic rings.